The molecule has 0 amide bonds. The molecule has 0 aliphatic heterocycles. The number of rotatable bonds is 4. The summed E-state index contributed by atoms with van der Waals surface area (Å²) in [6, 6.07) is 0.273. The lowest BCUT2D eigenvalue weighted by Gasteiger charge is -2.11. The fraction of sp³-hybridized carbons (Fsp3) is 0.545. The van der Waals surface area contributed by atoms with Crippen molar-refractivity contribution in [3.8, 4) is 0 Å². The highest BCUT2D eigenvalue weighted by atomic mass is 32.1. The summed E-state index contributed by atoms with van der Waals surface area (Å²) in [6.07, 6.45) is 2.22. The molecule has 1 aromatic heterocycles. The van der Waals surface area contributed by atoms with E-state index in [1.165, 1.54) is 5.57 Å². The molecule has 0 fully saturated rings. The van der Waals surface area contributed by atoms with Gasteiger partial charge in [0, 0.05) is 5.38 Å². The average molecular weight is 210 g/mol. The second kappa shape index (κ2) is 5.27. The van der Waals surface area contributed by atoms with Crippen molar-refractivity contribution in [1.29, 1.82) is 0 Å². The third-order valence-electron chi connectivity index (χ3n) is 1.88. The van der Waals surface area contributed by atoms with Gasteiger partial charge in [-0.1, -0.05) is 18.6 Å². The number of hydrogen-bond acceptors (Lipinski definition) is 3. The summed E-state index contributed by atoms with van der Waals surface area (Å²) in [5, 5.41) is 6.67. The molecular formula is C11H18N2S. The summed E-state index contributed by atoms with van der Waals surface area (Å²) in [5.41, 5.74) is 2.46. The monoisotopic (exact) mass is 210 g/mol. The Labute approximate surface area is 90.1 Å². The van der Waals surface area contributed by atoms with Crippen molar-refractivity contribution in [3.05, 3.63) is 27.7 Å². The van der Waals surface area contributed by atoms with Crippen molar-refractivity contribution >= 4 is 11.3 Å². The van der Waals surface area contributed by atoms with Crippen LogP contribution in [0.1, 0.15) is 37.5 Å². The molecule has 0 aliphatic rings. The molecule has 2 nitrogen and oxygen atoms in total. The van der Waals surface area contributed by atoms with Gasteiger partial charge in [0.05, 0.1) is 16.7 Å². The minimum absolute atomic E-state index is 0.273. The minimum atomic E-state index is 0.273. The van der Waals surface area contributed by atoms with Gasteiger partial charge in [0.15, 0.2) is 0 Å². The third kappa shape index (κ3) is 3.24. The SMILES string of the molecule is CCNC(C=C(C)C)c1csc(C)n1. The fourth-order valence-electron chi connectivity index (χ4n) is 1.33. The lowest BCUT2D eigenvalue weighted by molar-refractivity contribution is 0.631. The fourth-order valence-corrected chi connectivity index (χ4v) is 1.97. The van der Waals surface area contributed by atoms with Crippen LogP contribution in [0.15, 0.2) is 17.0 Å². The van der Waals surface area contributed by atoms with Crippen LogP contribution in [-0.2, 0) is 0 Å². The van der Waals surface area contributed by atoms with Gasteiger partial charge in [0.1, 0.15) is 0 Å². The molecule has 0 saturated carbocycles. The number of thiazole rings is 1. The van der Waals surface area contributed by atoms with E-state index in [1.54, 1.807) is 11.3 Å². The highest BCUT2D eigenvalue weighted by molar-refractivity contribution is 7.09. The quantitative estimate of drug-likeness (QED) is 0.773. The maximum atomic E-state index is 4.49. The largest absolute Gasteiger partial charge is 0.306 e. The summed E-state index contributed by atoms with van der Waals surface area (Å²) in [5.74, 6) is 0. The number of aromatic nitrogens is 1. The second-order valence-corrected chi connectivity index (χ2v) is 4.63. The summed E-state index contributed by atoms with van der Waals surface area (Å²) in [4.78, 5) is 4.49. The molecule has 0 saturated heterocycles. The van der Waals surface area contributed by atoms with Crippen molar-refractivity contribution in [2.45, 2.75) is 33.7 Å². The van der Waals surface area contributed by atoms with Crippen LogP contribution in [0.25, 0.3) is 0 Å². The predicted molar refractivity (Wildman–Crippen MR) is 62.7 cm³/mol. The number of hydrogen-bond donors (Lipinski definition) is 1. The molecule has 0 aliphatic carbocycles. The van der Waals surface area contributed by atoms with Crippen molar-refractivity contribution < 1.29 is 0 Å². The van der Waals surface area contributed by atoms with Crippen molar-refractivity contribution in [2.75, 3.05) is 6.54 Å². The Kier molecular flexibility index (Phi) is 4.29. The highest BCUT2D eigenvalue weighted by Crippen LogP contribution is 2.18. The van der Waals surface area contributed by atoms with Gasteiger partial charge in [-0.2, -0.15) is 0 Å². The molecule has 3 heteroatoms. The third-order valence-corrected chi connectivity index (χ3v) is 2.67. The standard InChI is InChI=1S/C11H18N2S/c1-5-12-10(6-8(2)3)11-7-14-9(4)13-11/h6-7,10,12H,5H2,1-4H3. The molecular weight excluding hydrogens is 192 g/mol. The van der Waals surface area contributed by atoms with E-state index in [2.05, 4.69) is 42.5 Å². The summed E-state index contributed by atoms with van der Waals surface area (Å²) < 4.78 is 0. The van der Waals surface area contributed by atoms with Crippen LogP contribution in [0.3, 0.4) is 0 Å². The van der Waals surface area contributed by atoms with E-state index in [0.29, 0.717) is 0 Å². The molecule has 1 aromatic rings. The van der Waals surface area contributed by atoms with Crippen LogP contribution in [0.5, 0.6) is 0 Å². The van der Waals surface area contributed by atoms with E-state index >= 15 is 0 Å². The van der Waals surface area contributed by atoms with Gasteiger partial charge >= 0.3 is 0 Å². The lowest BCUT2D eigenvalue weighted by Crippen LogP contribution is -2.19. The van der Waals surface area contributed by atoms with E-state index in [-0.39, 0.29) is 6.04 Å². The number of aryl methyl sites for hydroxylation is 1. The van der Waals surface area contributed by atoms with Gasteiger partial charge in [0.2, 0.25) is 0 Å². The molecule has 0 spiro atoms. The molecule has 1 unspecified atom stereocenters. The smallest absolute Gasteiger partial charge is 0.0898 e. The molecule has 1 rings (SSSR count). The van der Waals surface area contributed by atoms with Crippen LogP contribution >= 0.6 is 11.3 Å². The van der Waals surface area contributed by atoms with Gasteiger partial charge in [-0.25, -0.2) is 4.98 Å². The minimum Gasteiger partial charge on any atom is -0.306 e. The maximum Gasteiger partial charge on any atom is 0.0898 e. The van der Waals surface area contributed by atoms with Crippen LogP contribution in [-0.4, -0.2) is 11.5 Å². The first-order valence-electron chi connectivity index (χ1n) is 4.94. The second-order valence-electron chi connectivity index (χ2n) is 3.57. The van der Waals surface area contributed by atoms with E-state index in [4.69, 9.17) is 0 Å². The van der Waals surface area contributed by atoms with E-state index in [1.807, 2.05) is 6.92 Å². The average Bonchev–Trinajstić information content (AvgIpc) is 2.50. The van der Waals surface area contributed by atoms with Crippen LogP contribution in [0, 0.1) is 6.92 Å². The van der Waals surface area contributed by atoms with Crippen LogP contribution in [0.2, 0.25) is 0 Å². The molecule has 0 bridgehead atoms. The molecule has 0 radical (unpaired) electrons. The maximum absolute atomic E-state index is 4.49. The zero-order valence-corrected chi connectivity index (χ0v) is 10.1. The number of nitrogens with zero attached hydrogens (tertiary/aromatic N) is 1. The normalized spacial score (nSPS) is 12.6. The zero-order chi connectivity index (χ0) is 10.6. The van der Waals surface area contributed by atoms with Crippen LogP contribution in [0.4, 0.5) is 0 Å². The van der Waals surface area contributed by atoms with Gasteiger partial charge in [-0.3, -0.25) is 0 Å². The number of likely N-dealkylation sites (N-methyl/N-ethyl adjacent to an activating group) is 1. The first kappa shape index (κ1) is 11.4. The molecule has 14 heavy (non-hydrogen) atoms. The first-order valence-corrected chi connectivity index (χ1v) is 5.82. The van der Waals surface area contributed by atoms with Gasteiger partial charge in [-0.15, -0.1) is 11.3 Å². The van der Waals surface area contributed by atoms with Crippen molar-refractivity contribution in [1.82, 2.24) is 10.3 Å². The Bertz CT molecular complexity index is 311. The first-order chi connectivity index (χ1) is 6.63. The molecule has 1 N–H and O–H groups in total. The molecule has 1 heterocycles. The van der Waals surface area contributed by atoms with Crippen molar-refractivity contribution in [3.63, 3.8) is 0 Å². The van der Waals surface area contributed by atoms with Gasteiger partial charge in [-0.05, 0) is 27.3 Å². The van der Waals surface area contributed by atoms with Crippen LogP contribution < -0.4 is 5.32 Å². The molecule has 1 atom stereocenters. The van der Waals surface area contributed by atoms with Crippen molar-refractivity contribution in [2.24, 2.45) is 0 Å². The predicted octanol–water partition coefficient (Wildman–Crippen LogP) is 3.07. The summed E-state index contributed by atoms with van der Waals surface area (Å²) >= 11 is 1.71. The van der Waals surface area contributed by atoms with E-state index < -0.39 is 0 Å². The highest BCUT2D eigenvalue weighted by Gasteiger charge is 2.09. The Balaban J connectivity index is 2.82. The molecule has 78 valence electrons. The number of nitrogens with one attached hydrogen (secondary N) is 1. The summed E-state index contributed by atoms with van der Waals surface area (Å²) in [6.45, 7) is 9.35. The van der Waals surface area contributed by atoms with Gasteiger partial charge in [0.25, 0.3) is 0 Å². The van der Waals surface area contributed by atoms with E-state index in [9.17, 15) is 0 Å². The van der Waals surface area contributed by atoms with Gasteiger partial charge < -0.3 is 5.32 Å². The summed E-state index contributed by atoms with van der Waals surface area (Å²) in [7, 11) is 0. The topological polar surface area (TPSA) is 24.9 Å². The lowest BCUT2D eigenvalue weighted by atomic mass is 10.1. The Hall–Kier alpha value is -0.670. The molecule has 0 aromatic carbocycles. The Morgan fingerprint density at radius 1 is 1.64 bits per heavy atom. The Morgan fingerprint density at radius 3 is 2.79 bits per heavy atom. The van der Waals surface area contributed by atoms with E-state index in [0.717, 1.165) is 17.2 Å². The Morgan fingerprint density at radius 2 is 2.36 bits per heavy atom. The zero-order valence-electron chi connectivity index (χ0n) is 9.29. The number of allylic oxidation sites excluding steroid dienone is 1.